The Balaban J connectivity index is 2.14. The van der Waals surface area contributed by atoms with Gasteiger partial charge in [-0.05, 0) is 42.5 Å². The highest BCUT2D eigenvalue weighted by Gasteiger charge is 2.11. The van der Waals surface area contributed by atoms with E-state index in [1.54, 1.807) is 24.9 Å². The Morgan fingerprint density at radius 2 is 1.92 bits per heavy atom. The molecular formula is C20H25NO3S. The van der Waals surface area contributed by atoms with Crippen molar-refractivity contribution in [2.75, 3.05) is 25.3 Å². The molecule has 0 radical (unpaired) electrons. The van der Waals surface area contributed by atoms with Crippen LogP contribution in [-0.2, 0) is 5.75 Å². The predicted molar refractivity (Wildman–Crippen MR) is 105 cm³/mol. The van der Waals surface area contributed by atoms with Crippen molar-refractivity contribution in [1.82, 2.24) is 0 Å². The van der Waals surface area contributed by atoms with Crippen LogP contribution < -0.4 is 14.8 Å². The average molecular weight is 359 g/mol. The van der Waals surface area contributed by atoms with Gasteiger partial charge in [0, 0.05) is 17.4 Å². The second-order valence-electron chi connectivity index (χ2n) is 5.65. The van der Waals surface area contributed by atoms with Crippen molar-refractivity contribution in [2.45, 2.75) is 25.5 Å². The van der Waals surface area contributed by atoms with Crippen molar-refractivity contribution in [3.05, 3.63) is 53.6 Å². The highest BCUT2D eigenvalue weighted by Crippen LogP contribution is 2.30. The maximum absolute atomic E-state index is 12.6. The number of anilines is 1. The number of carbonyl (C=O) groups excluding carboxylic acids is 1. The summed E-state index contributed by atoms with van der Waals surface area (Å²) in [5.41, 5.74) is 2.44. The number of hydrogen-bond donors (Lipinski definition) is 1. The largest absolute Gasteiger partial charge is 0.497 e. The molecule has 4 nitrogen and oxygen atoms in total. The number of rotatable bonds is 9. The third kappa shape index (κ3) is 5.71. The molecule has 0 aromatic heterocycles. The molecule has 0 saturated carbocycles. The lowest BCUT2D eigenvalue weighted by Crippen LogP contribution is -2.13. The van der Waals surface area contributed by atoms with Gasteiger partial charge in [0.1, 0.15) is 11.5 Å². The number of nitrogens with one attached hydrogen (secondary N) is 1. The molecule has 0 saturated heterocycles. The minimum atomic E-state index is -0.163. The van der Waals surface area contributed by atoms with Crippen LogP contribution in [-0.4, -0.2) is 25.9 Å². The summed E-state index contributed by atoms with van der Waals surface area (Å²) in [7, 11) is 1.60. The van der Waals surface area contributed by atoms with E-state index in [-0.39, 0.29) is 5.91 Å². The standard InChI is InChI=1S/C20H25NO3S/c1-4-5-12-24-19-11-10-17(23-2)13-18(19)21-20(22)16-8-6-15(7-9-16)14-25-3/h6-11,13H,4-5,12,14H2,1-3H3,(H,21,22). The van der Waals surface area contributed by atoms with Gasteiger partial charge in [-0.3, -0.25) is 4.79 Å². The van der Waals surface area contributed by atoms with Crippen LogP contribution in [0.3, 0.4) is 0 Å². The Morgan fingerprint density at radius 1 is 1.16 bits per heavy atom. The van der Waals surface area contributed by atoms with Gasteiger partial charge in [0.15, 0.2) is 0 Å². The molecule has 1 amide bonds. The third-order valence-electron chi connectivity index (χ3n) is 3.72. The quantitative estimate of drug-likeness (QED) is 0.641. The molecule has 0 spiro atoms. The van der Waals surface area contributed by atoms with E-state index >= 15 is 0 Å². The van der Waals surface area contributed by atoms with Crippen molar-refractivity contribution in [2.24, 2.45) is 0 Å². The molecule has 0 bridgehead atoms. The average Bonchev–Trinajstić information content (AvgIpc) is 2.64. The molecule has 2 aromatic rings. The zero-order valence-electron chi connectivity index (χ0n) is 15.0. The number of amides is 1. The summed E-state index contributed by atoms with van der Waals surface area (Å²) in [6.07, 6.45) is 4.08. The number of thioether (sulfide) groups is 1. The van der Waals surface area contributed by atoms with Crippen LogP contribution in [0.1, 0.15) is 35.7 Å². The van der Waals surface area contributed by atoms with Crippen LogP contribution in [0.25, 0.3) is 0 Å². The first-order valence-electron chi connectivity index (χ1n) is 8.38. The van der Waals surface area contributed by atoms with E-state index in [4.69, 9.17) is 9.47 Å². The van der Waals surface area contributed by atoms with E-state index in [2.05, 4.69) is 18.5 Å². The molecule has 0 heterocycles. The summed E-state index contributed by atoms with van der Waals surface area (Å²) < 4.78 is 11.0. The predicted octanol–water partition coefficient (Wildman–Crippen LogP) is 4.99. The third-order valence-corrected chi connectivity index (χ3v) is 4.34. The lowest BCUT2D eigenvalue weighted by Gasteiger charge is -2.14. The molecule has 5 heteroatoms. The van der Waals surface area contributed by atoms with Gasteiger partial charge in [-0.2, -0.15) is 11.8 Å². The first-order chi connectivity index (χ1) is 12.2. The van der Waals surface area contributed by atoms with Gasteiger partial charge in [0.25, 0.3) is 5.91 Å². The van der Waals surface area contributed by atoms with Crippen LogP contribution in [0.15, 0.2) is 42.5 Å². The number of benzene rings is 2. The van der Waals surface area contributed by atoms with E-state index in [1.807, 2.05) is 36.4 Å². The fraction of sp³-hybridized carbons (Fsp3) is 0.350. The summed E-state index contributed by atoms with van der Waals surface area (Å²) in [6, 6.07) is 13.1. The van der Waals surface area contributed by atoms with Crippen molar-refractivity contribution in [1.29, 1.82) is 0 Å². The smallest absolute Gasteiger partial charge is 0.255 e. The topological polar surface area (TPSA) is 47.6 Å². The zero-order valence-corrected chi connectivity index (χ0v) is 15.8. The molecule has 2 aromatic carbocycles. The van der Waals surface area contributed by atoms with E-state index < -0.39 is 0 Å². The number of unbranched alkanes of at least 4 members (excludes halogenated alkanes) is 1. The second kappa shape index (κ2) is 9.99. The van der Waals surface area contributed by atoms with Crippen LogP contribution in [0.2, 0.25) is 0 Å². The number of ether oxygens (including phenoxy) is 2. The first-order valence-corrected chi connectivity index (χ1v) is 9.77. The van der Waals surface area contributed by atoms with Crippen LogP contribution in [0.4, 0.5) is 5.69 Å². The molecule has 0 fully saturated rings. The van der Waals surface area contributed by atoms with Crippen molar-refractivity contribution in [3.63, 3.8) is 0 Å². The van der Waals surface area contributed by atoms with Crippen LogP contribution in [0, 0.1) is 0 Å². The molecule has 134 valence electrons. The Labute approximate surface area is 153 Å². The highest BCUT2D eigenvalue weighted by atomic mass is 32.2. The zero-order chi connectivity index (χ0) is 18.1. The number of methoxy groups -OCH3 is 1. The van der Waals surface area contributed by atoms with Crippen molar-refractivity contribution < 1.29 is 14.3 Å². The number of carbonyl (C=O) groups is 1. The second-order valence-corrected chi connectivity index (χ2v) is 6.51. The molecule has 0 aliphatic carbocycles. The summed E-state index contributed by atoms with van der Waals surface area (Å²) >= 11 is 1.76. The van der Waals surface area contributed by atoms with Gasteiger partial charge in [-0.1, -0.05) is 25.5 Å². The fourth-order valence-corrected chi connectivity index (χ4v) is 2.83. The summed E-state index contributed by atoms with van der Waals surface area (Å²) in [5, 5.41) is 2.93. The molecule has 2 rings (SSSR count). The molecular weight excluding hydrogens is 334 g/mol. The van der Waals surface area contributed by atoms with Gasteiger partial charge in [0.2, 0.25) is 0 Å². The van der Waals surface area contributed by atoms with Crippen LogP contribution >= 0.6 is 11.8 Å². The van der Waals surface area contributed by atoms with E-state index in [0.29, 0.717) is 29.4 Å². The van der Waals surface area contributed by atoms with Gasteiger partial charge in [-0.25, -0.2) is 0 Å². The Hall–Kier alpha value is -2.14. The van der Waals surface area contributed by atoms with Gasteiger partial charge >= 0.3 is 0 Å². The maximum atomic E-state index is 12.6. The van der Waals surface area contributed by atoms with Gasteiger partial charge in [0.05, 0.1) is 19.4 Å². The molecule has 0 aliphatic rings. The van der Waals surface area contributed by atoms with Crippen LogP contribution in [0.5, 0.6) is 11.5 Å². The Morgan fingerprint density at radius 3 is 2.56 bits per heavy atom. The van der Waals surface area contributed by atoms with E-state index in [1.165, 1.54) is 5.56 Å². The minimum Gasteiger partial charge on any atom is -0.497 e. The monoisotopic (exact) mass is 359 g/mol. The molecule has 1 N–H and O–H groups in total. The number of hydrogen-bond acceptors (Lipinski definition) is 4. The fourth-order valence-electron chi connectivity index (χ4n) is 2.30. The Bertz CT molecular complexity index is 686. The molecule has 0 unspecified atom stereocenters. The summed E-state index contributed by atoms with van der Waals surface area (Å²) in [6.45, 7) is 2.73. The van der Waals surface area contributed by atoms with Gasteiger partial charge < -0.3 is 14.8 Å². The molecule has 0 aliphatic heterocycles. The SMILES string of the molecule is CCCCOc1ccc(OC)cc1NC(=O)c1ccc(CSC)cc1. The normalized spacial score (nSPS) is 10.4. The van der Waals surface area contributed by atoms with Gasteiger partial charge in [-0.15, -0.1) is 0 Å². The summed E-state index contributed by atoms with van der Waals surface area (Å²) in [5.74, 6) is 2.10. The molecule has 0 atom stereocenters. The van der Waals surface area contributed by atoms with Crippen molar-refractivity contribution >= 4 is 23.4 Å². The van der Waals surface area contributed by atoms with Crippen molar-refractivity contribution in [3.8, 4) is 11.5 Å². The minimum absolute atomic E-state index is 0.163. The lowest BCUT2D eigenvalue weighted by molar-refractivity contribution is 0.102. The maximum Gasteiger partial charge on any atom is 0.255 e. The Kier molecular flexibility index (Phi) is 7.67. The van der Waals surface area contributed by atoms with E-state index in [0.717, 1.165) is 18.6 Å². The lowest BCUT2D eigenvalue weighted by atomic mass is 10.1. The first kappa shape index (κ1) is 19.2. The molecule has 25 heavy (non-hydrogen) atoms. The van der Waals surface area contributed by atoms with E-state index in [9.17, 15) is 4.79 Å². The highest BCUT2D eigenvalue weighted by molar-refractivity contribution is 7.97. The summed E-state index contributed by atoms with van der Waals surface area (Å²) in [4.78, 5) is 12.6.